The molecule has 434 valence electrons. The third kappa shape index (κ3) is 35.4. The zero-order chi connectivity index (χ0) is 53.9. The van der Waals surface area contributed by atoms with Crippen LogP contribution in [0.4, 0.5) is 0 Å². The van der Waals surface area contributed by atoms with Crippen molar-refractivity contribution in [1.29, 1.82) is 0 Å². The summed E-state index contributed by atoms with van der Waals surface area (Å²) in [5.74, 6) is 0. The topological polar surface area (TPSA) is 25.3 Å². The van der Waals surface area contributed by atoms with E-state index in [4.69, 9.17) is 0 Å². The Bertz CT molecular complexity index is 1630. The van der Waals surface area contributed by atoms with E-state index in [2.05, 4.69) is 90.1 Å². The van der Waals surface area contributed by atoms with Crippen LogP contribution in [0.3, 0.4) is 0 Å². The quantitative estimate of drug-likeness (QED) is 0.0358. The molecule has 1 heterocycles. The maximum absolute atomic E-state index is 11.9. The maximum atomic E-state index is 11.9. The number of rotatable bonds is 52. The van der Waals surface area contributed by atoms with Crippen LogP contribution in [0.5, 0.6) is 0 Å². The van der Waals surface area contributed by atoms with E-state index in [1.807, 2.05) is 0 Å². The number of unbranched alkanes of at least 4 members (excludes halogenated alkanes) is 38. The van der Waals surface area contributed by atoms with Crippen LogP contribution in [0.15, 0.2) is 59.7 Å². The molecule has 0 radical (unpaired) electrons. The van der Waals surface area contributed by atoms with Crippen LogP contribution in [-0.4, -0.2) is 4.70 Å². The summed E-state index contributed by atoms with van der Waals surface area (Å²) in [5, 5.41) is 0. The molecule has 0 aliphatic carbocycles. The van der Waals surface area contributed by atoms with Crippen LogP contribution in [0.1, 0.15) is 359 Å². The fourth-order valence-electron chi connectivity index (χ4n) is 11.2. The Morgan fingerprint density at radius 1 is 0.293 bits per heavy atom. The minimum atomic E-state index is 1.02. The van der Waals surface area contributed by atoms with E-state index < -0.39 is 0 Å². The Balaban J connectivity index is 0.000000514. The Hall–Kier alpha value is -1.82. The van der Waals surface area contributed by atoms with E-state index >= 15 is 0 Å². The summed E-state index contributed by atoms with van der Waals surface area (Å²) in [6.45, 7) is 13.7. The molecule has 0 fully saturated rings. The Morgan fingerprint density at radius 2 is 0.547 bits per heavy atom. The number of aryl methyl sites for hydroxylation is 2. The molecule has 0 saturated heterocycles. The summed E-state index contributed by atoms with van der Waals surface area (Å²) < 4.78 is 1.56. The molecule has 2 aromatic rings. The molecular formula is C72H126N2Pd. The molecule has 0 saturated carbocycles. The molecule has 0 bridgehead atoms. The van der Waals surface area contributed by atoms with Gasteiger partial charge in [-0.3, -0.25) is 0 Å². The molecule has 2 nitrogen and oxygen atoms in total. The van der Waals surface area contributed by atoms with E-state index in [9.17, 15) is 5.53 Å². The van der Waals surface area contributed by atoms with E-state index in [0.717, 1.165) is 79.0 Å². The number of nitrogens with zero attached hydrogens (tertiary/aromatic N) is 2. The zero-order valence-corrected chi connectivity index (χ0v) is 52.7. The summed E-state index contributed by atoms with van der Waals surface area (Å²) in [6.07, 6.45) is 66.6. The second kappa shape index (κ2) is 51.6. The molecule has 75 heavy (non-hydrogen) atoms. The Morgan fingerprint density at radius 3 is 0.853 bits per heavy atom. The first-order valence-corrected chi connectivity index (χ1v) is 35.8. The molecule has 0 atom stereocenters. The molecule has 0 N–H and O–H groups in total. The van der Waals surface area contributed by atoms with Gasteiger partial charge in [0.1, 0.15) is 0 Å². The van der Waals surface area contributed by atoms with Gasteiger partial charge >= 0.3 is 169 Å². The van der Waals surface area contributed by atoms with Crippen molar-refractivity contribution in [3.8, 4) is 0 Å². The van der Waals surface area contributed by atoms with Crippen LogP contribution in [0.25, 0.3) is 16.9 Å². The molecule has 1 aliphatic rings. The van der Waals surface area contributed by atoms with E-state index in [-0.39, 0.29) is 0 Å². The molecule has 3 heteroatoms. The van der Waals surface area contributed by atoms with Crippen LogP contribution in [-0.2, 0) is 30.8 Å². The third-order valence-corrected chi connectivity index (χ3v) is 18.3. The van der Waals surface area contributed by atoms with Gasteiger partial charge in [-0.15, -0.1) is 0 Å². The standard InChI is InChI=1S/C36H52N2.2C18H37.Pd/c1-5-9-13-14-15-16-26-34-33(25-12-8-4)35(31-23-17-21-29(27-31)19-10-6-2)38(37)36(34)32-24-18-22-30(28-32)20-11-7-3;2*1-3-5-7-9-11-13-15-17-18-16-14-12-10-8-6-4-2;/h17-18,21-24,27-28H,5-16,19-20,25-26H2,1-4H3;2*1,3-18H2,2H3;. The monoisotopic (exact) mass is 1120 g/mol. The van der Waals surface area contributed by atoms with E-state index in [1.165, 1.54) is 292 Å². The predicted octanol–water partition coefficient (Wildman–Crippen LogP) is 25.9. The number of hydrogen-bond acceptors (Lipinski definition) is 0. The van der Waals surface area contributed by atoms with Crippen molar-refractivity contribution in [2.24, 2.45) is 0 Å². The van der Waals surface area contributed by atoms with Crippen LogP contribution < -0.4 is 0 Å². The van der Waals surface area contributed by atoms with Crippen LogP contribution in [0, 0.1) is 0 Å². The first-order valence-electron chi connectivity index (χ1n) is 33.6. The average Bonchev–Trinajstić information content (AvgIpc) is 3.71. The van der Waals surface area contributed by atoms with Gasteiger partial charge in [0.2, 0.25) is 11.4 Å². The smallest absolute Gasteiger partial charge is 0.0654 e. The summed E-state index contributed by atoms with van der Waals surface area (Å²) in [4.78, 5) is 3.09. The van der Waals surface area contributed by atoms with Gasteiger partial charge < -0.3 is 5.53 Å². The molecule has 2 aromatic carbocycles. The number of benzene rings is 2. The van der Waals surface area contributed by atoms with Crippen LogP contribution in [0.2, 0.25) is 9.79 Å². The van der Waals surface area contributed by atoms with Crippen molar-refractivity contribution in [3.05, 3.63) is 87.5 Å². The Labute approximate surface area is 478 Å². The minimum Gasteiger partial charge on any atom is -0.0654 e. The van der Waals surface area contributed by atoms with E-state index in [0.29, 0.717) is 0 Å². The molecule has 3 rings (SSSR count). The first kappa shape index (κ1) is 69.3. The fourth-order valence-corrected chi connectivity index (χ4v) is 13.2. The van der Waals surface area contributed by atoms with Gasteiger partial charge in [-0.1, -0.05) is 181 Å². The second-order valence-electron chi connectivity index (χ2n) is 23.3. The average molecular weight is 1130 g/mol. The van der Waals surface area contributed by atoms with Crippen molar-refractivity contribution >= 4 is 11.4 Å². The zero-order valence-electron chi connectivity index (χ0n) is 51.2. The first-order chi connectivity index (χ1) is 37.1. The summed E-state index contributed by atoms with van der Waals surface area (Å²) in [7, 11) is 0. The SMILES string of the molecule is CCCCCCCCC1=C(c2cccc(CCCC)c2)[N+](=[N-])C(c2cccc(CCCC)c2)=C1CCCC.CCCCCCCCCCCCCCCCC[CH2][Pd][CH2]CCCCCCCCCCCCCCCCC. The molecular weight excluding hydrogens is 999 g/mol. The van der Waals surface area contributed by atoms with Gasteiger partial charge in [-0.25, -0.2) is 4.70 Å². The third-order valence-electron chi connectivity index (χ3n) is 16.1. The van der Waals surface area contributed by atoms with Crippen molar-refractivity contribution in [1.82, 2.24) is 0 Å². The molecule has 1 aliphatic heterocycles. The van der Waals surface area contributed by atoms with E-state index in [1.54, 1.807) is 14.5 Å². The number of allylic oxidation sites excluding steroid dienone is 2. The second-order valence-corrected chi connectivity index (χ2v) is 25.6. The Kier molecular flexibility index (Phi) is 47.7. The van der Waals surface area contributed by atoms with Crippen LogP contribution >= 0.6 is 0 Å². The van der Waals surface area contributed by atoms with Crippen molar-refractivity contribution in [2.75, 3.05) is 0 Å². The predicted molar refractivity (Wildman–Crippen MR) is 334 cm³/mol. The van der Waals surface area contributed by atoms with Gasteiger partial charge in [0.25, 0.3) is 0 Å². The van der Waals surface area contributed by atoms with Gasteiger partial charge in [-0.05, 0) is 86.8 Å². The summed E-state index contributed by atoms with van der Waals surface area (Å²) in [5.41, 5.74) is 21.8. The van der Waals surface area contributed by atoms with Gasteiger partial charge in [0, 0.05) is 22.3 Å². The molecule has 0 amide bonds. The minimum absolute atomic E-state index is 1.02. The van der Waals surface area contributed by atoms with Crippen molar-refractivity contribution < 1.29 is 22.7 Å². The number of hydrogen-bond donors (Lipinski definition) is 0. The van der Waals surface area contributed by atoms with Gasteiger partial charge in [0.05, 0.1) is 0 Å². The molecule has 0 unspecified atom stereocenters. The normalized spacial score (nSPS) is 12.7. The van der Waals surface area contributed by atoms with Crippen molar-refractivity contribution in [3.63, 3.8) is 0 Å². The fraction of sp³-hybridized carbons (Fsp3) is 0.778. The van der Waals surface area contributed by atoms with Crippen molar-refractivity contribution in [2.45, 2.75) is 360 Å². The summed E-state index contributed by atoms with van der Waals surface area (Å²) >= 11 is 1.06. The van der Waals surface area contributed by atoms with Gasteiger partial charge in [0.15, 0.2) is 0 Å². The molecule has 0 spiro atoms. The molecule has 0 aromatic heterocycles. The van der Waals surface area contributed by atoms with Gasteiger partial charge in [-0.2, -0.15) is 0 Å². The summed E-state index contributed by atoms with van der Waals surface area (Å²) in [6, 6.07) is 17.9.